The predicted octanol–water partition coefficient (Wildman–Crippen LogP) is -0.758. The molecule has 1 saturated heterocycles. The van der Waals surface area contributed by atoms with E-state index < -0.39 is 10.2 Å². The molecule has 9 heteroatoms. The van der Waals surface area contributed by atoms with Crippen LogP contribution in [0.5, 0.6) is 0 Å². The van der Waals surface area contributed by atoms with E-state index >= 15 is 0 Å². The lowest BCUT2D eigenvalue weighted by molar-refractivity contribution is 0.276. The summed E-state index contributed by atoms with van der Waals surface area (Å²) in [6, 6.07) is 0. The van der Waals surface area contributed by atoms with E-state index in [4.69, 9.17) is 5.73 Å². The van der Waals surface area contributed by atoms with Crippen LogP contribution in [0.2, 0.25) is 0 Å². The summed E-state index contributed by atoms with van der Waals surface area (Å²) >= 11 is 0. The molecule has 0 spiro atoms. The third-order valence-electron chi connectivity index (χ3n) is 3.59. The highest BCUT2D eigenvalue weighted by Crippen LogP contribution is 2.17. The first-order chi connectivity index (χ1) is 9.62. The molecule has 0 amide bonds. The topological polar surface area (TPSA) is 117 Å². The van der Waals surface area contributed by atoms with Crippen molar-refractivity contribution in [3.63, 3.8) is 0 Å². The van der Waals surface area contributed by atoms with Gasteiger partial charge < -0.3 is 5.73 Å². The Balaban J connectivity index is 1.71. The highest BCUT2D eigenvalue weighted by Gasteiger charge is 2.26. The van der Waals surface area contributed by atoms with Crippen molar-refractivity contribution in [2.45, 2.75) is 25.7 Å². The summed E-state index contributed by atoms with van der Waals surface area (Å²) in [4.78, 5) is 3.99. The molecule has 2 heterocycles. The first-order valence-electron chi connectivity index (χ1n) is 6.91. The molecule has 0 saturated carbocycles. The maximum atomic E-state index is 12.1. The van der Waals surface area contributed by atoms with Gasteiger partial charge >= 0.3 is 0 Å². The van der Waals surface area contributed by atoms with Crippen molar-refractivity contribution >= 4 is 10.2 Å². The summed E-state index contributed by atoms with van der Waals surface area (Å²) < 4.78 is 28.3. The number of nitrogens with two attached hydrogens (primary N) is 1. The van der Waals surface area contributed by atoms with Crippen LogP contribution in [-0.2, 0) is 16.6 Å². The zero-order valence-electron chi connectivity index (χ0n) is 11.5. The normalized spacial score (nSPS) is 18.4. The monoisotopic (exact) mass is 302 g/mol. The first-order valence-corrected chi connectivity index (χ1v) is 8.35. The molecule has 1 aliphatic rings. The predicted molar refractivity (Wildman–Crippen MR) is 75.0 cm³/mol. The van der Waals surface area contributed by atoms with Crippen molar-refractivity contribution in [2.75, 3.05) is 26.2 Å². The van der Waals surface area contributed by atoms with Gasteiger partial charge in [0.1, 0.15) is 12.2 Å². The van der Waals surface area contributed by atoms with Gasteiger partial charge in [0.2, 0.25) is 0 Å². The Hall–Kier alpha value is -1.03. The summed E-state index contributed by atoms with van der Waals surface area (Å²) in [5.74, 6) is 1.22. The van der Waals surface area contributed by atoms with Crippen LogP contribution in [0.1, 0.15) is 25.1 Å². The Morgan fingerprint density at radius 2 is 2.20 bits per heavy atom. The summed E-state index contributed by atoms with van der Waals surface area (Å²) in [5.41, 5.74) is 5.60. The van der Waals surface area contributed by atoms with Crippen LogP contribution < -0.4 is 10.5 Å². The molecule has 1 aliphatic heterocycles. The van der Waals surface area contributed by atoms with Gasteiger partial charge in [-0.2, -0.15) is 17.8 Å². The van der Waals surface area contributed by atoms with Gasteiger partial charge in [0.05, 0.1) is 0 Å². The van der Waals surface area contributed by atoms with Crippen molar-refractivity contribution in [2.24, 2.45) is 11.7 Å². The molecule has 2 rings (SSSR count). The van der Waals surface area contributed by atoms with Crippen molar-refractivity contribution in [3.8, 4) is 0 Å². The first kappa shape index (κ1) is 15.4. The van der Waals surface area contributed by atoms with E-state index in [0.717, 1.165) is 18.7 Å². The molecule has 0 aliphatic carbocycles. The number of rotatable bonds is 7. The second-order valence-electron chi connectivity index (χ2n) is 5.01. The lowest BCUT2D eigenvalue weighted by Crippen LogP contribution is -2.46. The standard InChI is InChI=1S/C11H22N6O2S/c12-8-10-3-6-17(7-4-10)20(18,19)15-5-1-2-11-13-9-14-16-11/h9-10,15H,1-8,12H2,(H,13,14,16). The SMILES string of the molecule is NCC1CCN(S(=O)(=O)NCCCc2ncn[nH]2)CC1. The van der Waals surface area contributed by atoms with E-state index in [-0.39, 0.29) is 0 Å². The largest absolute Gasteiger partial charge is 0.330 e. The fourth-order valence-electron chi connectivity index (χ4n) is 2.28. The van der Waals surface area contributed by atoms with Crippen molar-refractivity contribution < 1.29 is 8.42 Å². The van der Waals surface area contributed by atoms with E-state index in [0.29, 0.717) is 44.9 Å². The lowest BCUT2D eigenvalue weighted by Gasteiger charge is -2.30. The highest BCUT2D eigenvalue weighted by atomic mass is 32.2. The molecular formula is C11H22N6O2S. The Morgan fingerprint density at radius 3 is 2.80 bits per heavy atom. The fraction of sp³-hybridized carbons (Fsp3) is 0.818. The molecular weight excluding hydrogens is 280 g/mol. The van der Waals surface area contributed by atoms with Crippen LogP contribution in [0.15, 0.2) is 6.33 Å². The molecule has 1 aromatic rings. The molecule has 0 atom stereocenters. The molecule has 8 nitrogen and oxygen atoms in total. The number of aromatic nitrogens is 3. The Morgan fingerprint density at radius 1 is 1.45 bits per heavy atom. The van der Waals surface area contributed by atoms with Gasteiger partial charge in [-0.1, -0.05) is 0 Å². The van der Waals surface area contributed by atoms with Crippen molar-refractivity contribution in [1.82, 2.24) is 24.2 Å². The number of hydrogen-bond donors (Lipinski definition) is 3. The lowest BCUT2D eigenvalue weighted by atomic mass is 9.99. The molecule has 0 bridgehead atoms. The maximum Gasteiger partial charge on any atom is 0.279 e. The summed E-state index contributed by atoms with van der Waals surface area (Å²) in [7, 11) is -3.36. The van der Waals surface area contributed by atoms with Crippen LogP contribution in [0.4, 0.5) is 0 Å². The number of nitrogens with zero attached hydrogens (tertiary/aromatic N) is 3. The number of nitrogens with one attached hydrogen (secondary N) is 2. The minimum Gasteiger partial charge on any atom is -0.330 e. The average molecular weight is 302 g/mol. The molecule has 4 N–H and O–H groups in total. The Kier molecular flexibility index (Phi) is 5.46. The van der Waals surface area contributed by atoms with E-state index in [2.05, 4.69) is 19.9 Å². The number of piperidine rings is 1. The second-order valence-corrected chi connectivity index (χ2v) is 6.77. The smallest absolute Gasteiger partial charge is 0.279 e. The van der Waals surface area contributed by atoms with Crippen LogP contribution in [0.3, 0.4) is 0 Å². The second kappa shape index (κ2) is 7.11. The third-order valence-corrected chi connectivity index (χ3v) is 5.20. The zero-order valence-corrected chi connectivity index (χ0v) is 12.3. The van der Waals surface area contributed by atoms with Crippen molar-refractivity contribution in [1.29, 1.82) is 0 Å². The van der Waals surface area contributed by atoms with Gasteiger partial charge in [-0.3, -0.25) is 5.10 Å². The van der Waals surface area contributed by atoms with E-state index in [1.807, 2.05) is 0 Å². The summed E-state index contributed by atoms with van der Waals surface area (Å²) in [5, 5.41) is 6.49. The summed E-state index contributed by atoms with van der Waals surface area (Å²) in [6.07, 6.45) is 4.50. The van der Waals surface area contributed by atoms with Gasteiger partial charge in [0.15, 0.2) is 0 Å². The van der Waals surface area contributed by atoms with Gasteiger partial charge in [0.25, 0.3) is 10.2 Å². The zero-order chi connectivity index (χ0) is 14.4. The molecule has 20 heavy (non-hydrogen) atoms. The molecule has 1 aromatic heterocycles. The van der Waals surface area contributed by atoms with E-state index in [9.17, 15) is 8.42 Å². The molecule has 0 radical (unpaired) electrons. The molecule has 0 unspecified atom stereocenters. The number of hydrogen-bond acceptors (Lipinski definition) is 5. The van der Waals surface area contributed by atoms with Gasteiger partial charge in [-0.15, -0.1) is 0 Å². The van der Waals surface area contributed by atoms with Crippen molar-refractivity contribution in [3.05, 3.63) is 12.2 Å². The number of aryl methyl sites for hydroxylation is 1. The molecule has 1 fully saturated rings. The van der Waals surface area contributed by atoms with Crippen LogP contribution >= 0.6 is 0 Å². The third kappa shape index (κ3) is 4.23. The fourth-order valence-corrected chi connectivity index (χ4v) is 3.56. The highest BCUT2D eigenvalue weighted by molar-refractivity contribution is 7.87. The number of aromatic amines is 1. The Bertz CT molecular complexity index is 481. The average Bonchev–Trinajstić information content (AvgIpc) is 2.97. The van der Waals surface area contributed by atoms with E-state index in [1.165, 1.54) is 10.6 Å². The minimum absolute atomic E-state index is 0.403. The van der Waals surface area contributed by atoms with Gasteiger partial charge in [0, 0.05) is 26.1 Å². The van der Waals surface area contributed by atoms with Gasteiger partial charge in [-0.05, 0) is 31.7 Å². The van der Waals surface area contributed by atoms with Gasteiger partial charge in [-0.25, -0.2) is 9.71 Å². The molecule has 114 valence electrons. The maximum absolute atomic E-state index is 12.1. The number of H-pyrrole nitrogens is 1. The van der Waals surface area contributed by atoms with Crippen LogP contribution in [0.25, 0.3) is 0 Å². The van der Waals surface area contributed by atoms with Crippen LogP contribution in [-0.4, -0.2) is 54.1 Å². The quantitative estimate of drug-likeness (QED) is 0.572. The van der Waals surface area contributed by atoms with Crippen LogP contribution in [0, 0.1) is 5.92 Å². The molecule has 0 aromatic carbocycles. The van der Waals surface area contributed by atoms with E-state index in [1.54, 1.807) is 0 Å². The minimum atomic E-state index is -3.36. The summed E-state index contributed by atoms with van der Waals surface area (Å²) in [6.45, 7) is 2.15. The Labute approximate surface area is 119 Å².